The van der Waals surface area contributed by atoms with Gasteiger partial charge in [-0.15, -0.1) is 0 Å². The molecule has 0 bridgehead atoms. The number of halogens is 3. The van der Waals surface area contributed by atoms with Crippen molar-refractivity contribution in [3.8, 4) is 22.8 Å². The van der Waals surface area contributed by atoms with Crippen LogP contribution in [-0.2, 0) is 19.4 Å². The lowest BCUT2D eigenvalue weighted by Gasteiger charge is -2.07. The van der Waals surface area contributed by atoms with Crippen LogP contribution in [0.5, 0.6) is 11.6 Å². The minimum absolute atomic E-state index is 0.154. The summed E-state index contributed by atoms with van der Waals surface area (Å²) in [6.45, 7) is 0. The fourth-order valence-corrected chi connectivity index (χ4v) is 2.97. The molecule has 0 amide bonds. The van der Waals surface area contributed by atoms with Crippen LogP contribution in [0.2, 0.25) is 0 Å². The lowest BCUT2D eigenvalue weighted by Crippen LogP contribution is -2.28. The summed E-state index contributed by atoms with van der Waals surface area (Å²) in [5.74, 6) is -4.69. The molecule has 0 saturated heterocycles. The maximum atomic E-state index is 12.2. The fourth-order valence-electron chi connectivity index (χ4n) is 2.34. The van der Waals surface area contributed by atoms with E-state index in [9.17, 15) is 31.2 Å². The van der Waals surface area contributed by atoms with E-state index >= 15 is 0 Å². The number of alkyl halides is 3. The Morgan fingerprint density at radius 2 is 1.52 bits per heavy atom. The van der Waals surface area contributed by atoms with Gasteiger partial charge in [-0.25, -0.2) is 23.1 Å². The van der Waals surface area contributed by atoms with Gasteiger partial charge in [0, 0.05) is 6.26 Å². The maximum Gasteiger partial charge on any atom is 0.491 e. The molecule has 1 aromatic heterocycles. The molecule has 3 aromatic rings. The fraction of sp³-hybridized carbons (Fsp3) is 0.111. The molecule has 13 heteroatoms. The molecule has 0 unspecified atom stereocenters. The van der Waals surface area contributed by atoms with Crippen molar-refractivity contribution in [2.45, 2.75) is 11.1 Å². The Hall–Kier alpha value is -3.74. The molecular formula is C18H12F3N3O6S. The highest BCUT2D eigenvalue weighted by atomic mass is 32.2. The van der Waals surface area contributed by atoms with E-state index in [2.05, 4.69) is 15.0 Å². The number of ether oxygens (including phenoxy) is 2. The van der Waals surface area contributed by atoms with E-state index in [0.717, 1.165) is 11.8 Å². The molecule has 1 N–H and O–H groups in total. The summed E-state index contributed by atoms with van der Waals surface area (Å²) in [6, 6.07) is 12.4. The summed E-state index contributed by atoms with van der Waals surface area (Å²) in [4.78, 5) is 22.7. The van der Waals surface area contributed by atoms with Crippen LogP contribution in [0.1, 0.15) is 10.5 Å². The van der Waals surface area contributed by atoms with Crippen LogP contribution in [0.15, 0.2) is 53.4 Å². The molecule has 1 heterocycles. The smallest absolute Gasteiger partial charge is 0.436 e. The number of sulfone groups is 1. The topological polar surface area (TPSA) is 128 Å². The van der Waals surface area contributed by atoms with Gasteiger partial charge in [0.25, 0.3) is 5.88 Å². The molecule has 0 atom stereocenters. The number of carbonyl (C=O) groups excluding carboxylic acids is 2. The van der Waals surface area contributed by atoms with E-state index in [-0.39, 0.29) is 10.6 Å². The van der Waals surface area contributed by atoms with Crippen molar-refractivity contribution < 1.29 is 40.7 Å². The Labute approximate surface area is 172 Å². The Morgan fingerprint density at radius 3 is 2.03 bits per heavy atom. The number of benzene rings is 2. The van der Waals surface area contributed by atoms with Gasteiger partial charge in [0.1, 0.15) is 5.75 Å². The van der Waals surface area contributed by atoms with E-state index in [4.69, 9.17) is 4.74 Å². The van der Waals surface area contributed by atoms with Gasteiger partial charge >= 0.3 is 18.1 Å². The number of nitrogens with one attached hydrogen (secondary N) is 1. The minimum atomic E-state index is -5.35. The summed E-state index contributed by atoms with van der Waals surface area (Å²) < 4.78 is 68.8. The van der Waals surface area contributed by atoms with E-state index in [0.29, 0.717) is 5.56 Å². The number of hydrogen-bond donors (Lipinski definition) is 1. The summed E-state index contributed by atoms with van der Waals surface area (Å²) in [5, 5.41) is 8.70. The molecule has 2 aromatic carbocycles. The van der Waals surface area contributed by atoms with Gasteiger partial charge < -0.3 is 9.47 Å². The molecule has 0 radical (unpaired) electrons. The number of rotatable bonds is 5. The zero-order valence-corrected chi connectivity index (χ0v) is 16.3. The molecule has 31 heavy (non-hydrogen) atoms. The second-order valence-corrected chi connectivity index (χ2v) is 8.11. The van der Waals surface area contributed by atoms with Crippen molar-refractivity contribution in [2.24, 2.45) is 0 Å². The van der Waals surface area contributed by atoms with Crippen molar-refractivity contribution >= 4 is 21.8 Å². The second-order valence-electron chi connectivity index (χ2n) is 6.09. The first-order chi connectivity index (χ1) is 14.4. The van der Waals surface area contributed by atoms with Crippen LogP contribution >= 0.6 is 0 Å². The minimum Gasteiger partial charge on any atom is -0.436 e. The van der Waals surface area contributed by atoms with Gasteiger partial charge in [0.2, 0.25) is 5.69 Å². The van der Waals surface area contributed by atoms with Crippen molar-refractivity contribution in [2.75, 3.05) is 6.26 Å². The molecule has 0 spiro atoms. The standard InChI is InChI=1S/C18H12F3N3O6S/c1-31(27,28)13-8-4-11(5-9-13)10-2-6-12(7-3-10)29-15-14(22-24-23-15)16(25)30-17(26)18(19,20)21/h2-9H,1H3,(H,22,23,24). The zero-order valence-electron chi connectivity index (χ0n) is 15.5. The maximum absolute atomic E-state index is 12.2. The van der Waals surface area contributed by atoms with Crippen molar-refractivity contribution in [1.82, 2.24) is 15.4 Å². The second kappa shape index (κ2) is 8.18. The first kappa shape index (κ1) is 22.0. The van der Waals surface area contributed by atoms with Gasteiger partial charge in [0.05, 0.1) is 4.90 Å². The number of hydrogen-bond acceptors (Lipinski definition) is 8. The van der Waals surface area contributed by atoms with Crippen LogP contribution in [-0.4, -0.2) is 48.2 Å². The van der Waals surface area contributed by atoms with Gasteiger partial charge in [-0.1, -0.05) is 34.6 Å². The number of aromatic amines is 1. The number of nitrogens with zero attached hydrogens (tertiary/aromatic N) is 2. The lowest BCUT2D eigenvalue weighted by molar-refractivity contribution is -0.193. The Kier molecular flexibility index (Phi) is 5.79. The molecule has 0 aliphatic heterocycles. The molecule has 0 aliphatic carbocycles. The third kappa shape index (κ3) is 5.25. The predicted molar refractivity (Wildman–Crippen MR) is 97.9 cm³/mol. The van der Waals surface area contributed by atoms with E-state index in [1.165, 1.54) is 24.3 Å². The molecular weight excluding hydrogens is 443 g/mol. The molecule has 0 aliphatic rings. The van der Waals surface area contributed by atoms with Crippen molar-refractivity contribution in [3.05, 3.63) is 54.2 Å². The summed E-state index contributed by atoms with van der Waals surface area (Å²) in [6.07, 6.45) is -4.25. The van der Waals surface area contributed by atoms with Crippen molar-refractivity contribution in [1.29, 1.82) is 0 Å². The monoisotopic (exact) mass is 455 g/mol. The SMILES string of the molecule is CS(=O)(=O)c1ccc(-c2ccc(Oc3nn[nH]c3C(=O)OC(=O)C(F)(F)F)cc2)cc1. The molecule has 0 fully saturated rings. The first-order valence-corrected chi connectivity index (χ1v) is 10.2. The van der Waals surface area contributed by atoms with Crippen LogP contribution in [0.25, 0.3) is 11.1 Å². The number of carbonyl (C=O) groups is 2. The summed E-state index contributed by atoms with van der Waals surface area (Å²) >= 11 is 0. The van der Waals surface area contributed by atoms with Crippen molar-refractivity contribution in [3.63, 3.8) is 0 Å². The van der Waals surface area contributed by atoms with Crippen LogP contribution in [0.4, 0.5) is 13.2 Å². The van der Waals surface area contributed by atoms with Crippen LogP contribution in [0, 0.1) is 0 Å². The summed E-state index contributed by atoms with van der Waals surface area (Å²) in [7, 11) is -3.32. The zero-order chi connectivity index (χ0) is 22.8. The quantitative estimate of drug-likeness (QED) is 0.459. The number of aromatic nitrogens is 3. The Bertz CT molecular complexity index is 1220. The average molecular weight is 455 g/mol. The van der Waals surface area contributed by atoms with E-state index in [1.807, 2.05) is 5.10 Å². The summed E-state index contributed by atoms with van der Waals surface area (Å²) in [5.41, 5.74) is 0.747. The van der Waals surface area contributed by atoms with Crippen LogP contribution in [0.3, 0.4) is 0 Å². The third-order valence-electron chi connectivity index (χ3n) is 3.82. The number of esters is 2. The molecule has 3 rings (SSSR count). The first-order valence-electron chi connectivity index (χ1n) is 8.28. The largest absolute Gasteiger partial charge is 0.491 e. The van der Waals surface area contributed by atoms with Gasteiger partial charge in [-0.05, 0) is 35.4 Å². The third-order valence-corrected chi connectivity index (χ3v) is 4.95. The molecule has 9 nitrogen and oxygen atoms in total. The average Bonchev–Trinajstić information content (AvgIpc) is 3.15. The Morgan fingerprint density at radius 1 is 0.968 bits per heavy atom. The predicted octanol–water partition coefficient (Wildman–Crippen LogP) is 2.91. The van der Waals surface area contributed by atoms with E-state index < -0.39 is 39.5 Å². The highest BCUT2D eigenvalue weighted by Crippen LogP contribution is 2.27. The number of H-pyrrole nitrogens is 1. The van der Waals surface area contributed by atoms with Gasteiger partial charge in [-0.3, -0.25) is 0 Å². The Balaban J connectivity index is 1.73. The van der Waals surface area contributed by atoms with Gasteiger partial charge in [-0.2, -0.15) is 13.2 Å². The van der Waals surface area contributed by atoms with Gasteiger partial charge in [0.15, 0.2) is 9.84 Å². The highest BCUT2D eigenvalue weighted by molar-refractivity contribution is 7.90. The molecule has 162 valence electrons. The normalized spacial score (nSPS) is 11.7. The molecule has 0 saturated carbocycles. The highest BCUT2D eigenvalue weighted by Gasteiger charge is 2.43. The van der Waals surface area contributed by atoms with E-state index in [1.54, 1.807) is 24.3 Å². The lowest BCUT2D eigenvalue weighted by atomic mass is 10.1. The van der Waals surface area contributed by atoms with Crippen LogP contribution < -0.4 is 4.74 Å².